The number of rotatable bonds is 8. The van der Waals surface area contributed by atoms with Gasteiger partial charge in [-0.25, -0.2) is 4.79 Å². The highest BCUT2D eigenvalue weighted by Gasteiger charge is 2.33. The minimum Gasteiger partial charge on any atom is -0.407 e. The third-order valence-corrected chi connectivity index (χ3v) is 6.25. The van der Waals surface area contributed by atoms with E-state index in [4.69, 9.17) is 4.42 Å². The molecule has 0 bridgehead atoms. The van der Waals surface area contributed by atoms with E-state index >= 15 is 0 Å². The van der Waals surface area contributed by atoms with Crippen LogP contribution < -0.4 is 11.1 Å². The van der Waals surface area contributed by atoms with Crippen LogP contribution in [0.15, 0.2) is 27.4 Å². The lowest BCUT2D eigenvalue weighted by Crippen LogP contribution is -2.52. The molecular formula is C21H30N4O5. The normalized spacial score (nSPS) is 16.5. The van der Waals surface area contributed by atoms with Crippen molar-refractivity contribution in [3.05, 3.63) is 38.9 Å². The number of hydrogen-bond acceptors (Lipinski definition) is 6. The number of nitrogens with zero attached hydrogens (tertiary/aromatic N) is 3. The largest absolute Gasteiger partial charge is 0.419 e. The zero-order valence-electron chi connectivity index (χ0n) is 17.7. The lowest BCUT2D eigenvalue weighted by Gasteiger charge is -2.39. The Kier molecular flexibility index (Phi) is 6.91. The Labute approximate surface area is 175 Å². The van der Waals surface area contributed by atoms with Gasteiger partial charge in [-0.3, -0.25) is 19.5 Å². The van der Waals surface area contributed by atoms with E-state index in [-0.39, 0.29) is 22.7 Å². The Balaban J connectivity index is 1.56. The van der Waals surface area contributed by atoms with Gasteiger partial charge in [0.15, 0.2) is 5.58 Å². The zero-order chi connectivity index (χ0) is 21.7. The molecule has 30 heavy (non-hydrogen) atoms. The van der Waals surface area contributed by atoms with Crippen LogP contribution in [0.1, 0.15) is 51.4 Å². The van der Waals surface area contributed by atoms with Gasteiger partial charge < -0.3 is 14.6 Å². The minimum absolute atomic E-state index is 0.0125. The number of non-ortho nitro benzene ring substituents is 1. The van der Waals surface area contributed by atoms with E-state index in [1.54, 1.807) is 0 Å². The fourth-order valence-electron chi connectivity index (χ4n) is 4.30. The Morgan fingerprint density at radius 2 is 1.97 bits per heavy atom. The SMILES string of the molecule is CN(C)C1(CNC(=O)CCCn2c(=O)oc3cc([N+](=O)[O-])ccc32)CCCCCC1. The van der Waals surface area contributed by atoms with E-state index < -0.39 is 10.7 Å². The van der Waals surface area contributed by atoms with E-state index in [1.165, 1.54) is 48.4 Å². The molecule has 1 aromatic heterocycles. The van der Waals surface area contributed by atoms with E-state index in [1.807, 2.05) is 0 Å². The molecule has 1 heterocycles. The van der Waals surface area contributed by atoms with Gasteiger partial charge in [0.05, 0.1) is 16.5 Å². The van der Waals surface area contributed by atoms with Gasteiger partial charge in [0, 0.05) is 31.1 Å². The monoisotopic (exact) mass is 418 g/mol. The number of oxazole rings is 1. The summed E-state index contributed by atoms with van der Waals surface area (Å²) < 4.78 is 6.54. The standard InChI is InChI=1S/C21H30N4O5/c1-23(2)21(11-5-3-4-6-12-21)15-22-19(26)8-7-13-24-17-10-9-16(25(28)29)14-18(17)30-20(24)27/h9-10,14H,3-8,11-13,15H2,1-2H3,(H,22,26). The van der Waals surface area contributed by atoms with E-state index in [0.29, 0.717) is 31.4 Å². The van der Waals surface area contributed by atoms with Crippen molar-refractivity contribution < 1.29 is 14.1 Å². The van der Waals surface area contributed by atoms with Gasteiger partial charge in [-0.2, -0.15) is 0 Å². The van der Waals surface area contributed by atoms with Crippen LogP contribution in [0.3, 0.4) is 0 Å². The Bertz CT molecular complexity index is 954. The molecule has 0 saturated heterocycles. The first-order chi connectivity index (χ1) is 14.3. The summed E-state index contributed by atoms with van der Waals surface area (Å²) in [7, 11) is 4.16. The van der Waals surface area contributed by atoms with Crippen LogP contribution in [0.2, 0.25) is 0 Å². The van der Waals surface area contributed by atoms with Gasteiger partial charge in [0.1, 0.15) is 0 Å². The Morgan fingerprint density at radius 1 is 1.27 bits per heavy atom. The van der Waals surface area contributed by atoms with Crippen LogP contribution in [0.4, 0.5) is 5.69 Å². The number of amides is 1. The molecule has 164 valence electrons. The molecule has 3 rings (SSSR count). The van der Waals surface area contributed by atoms with Gasteiger partial charge in [-0.05, 0) is 39.4 Å². The number of carbonyl (C=O) groups is 1. The number of carbonyl (C=O) groups excluding carboxylic acids is 1. The van der Waals surface area contributed by atoms with Crippen LogP contribution in [0.5, 0.6) is 0 Å². The maximum atomic E-state index is 12.4. The molecule has 1 amide bonds. The van der Waals surface area contributed by atoms with Gasteiger partial charge in [-0.1, -0.05) is 25.7 Å². The highest BCUT2D eigenvalue weighted by Crippen LogP contribution is 2.30. The molecule has 1 aliphatic carbocycles. The first kappa shape index (κ1) is 22.0. The summed E-state index contributed by atoms with van der Waals surface area (Å²) >= 11 is 0. The predicted octanol–water partition coefficient (Wildman–Crippen LogP) is 3.05. The third kappa shape index (κ3) is 4.89. The first-order valence-corrected chi connectivity index (χ1v) is 10.5. The minimum atomic E-state index is -0.573. The molecular weight excluding hydrogens is 388 g/mol. The molecule has 1 aliphatic rings. The molecule has 0 atom stereocenters. The summed E-state index contributed by atoms with van der Waals surface area (Å²) in [6.45, 7) is 0.951. The van der Waals surface area contributed by atoms with Crippen molar-refractivity contribution in [1.82, 2.24) is 14.8 Å². The average Bonchev–Trinajstić information content (AvgIpc) is 2.87. The molecule has 1 N–H and O–H groups in total. The molecule has 0 radical (unpaired) electrons. The van der Waals surface area contributed by atoms with Crippen LogP contribution in [0, 0.1) is 10.1 Å². The third-order valence-electron chi connectivity index (χ3n) is 6.25. The highest BCUT2D eigenvalue weighted by molar-refractivity contribution is 5.76. The number of nitro benzene ring substituents is 1. The van der Waals surface area contributed by atoms with Crippen molar-refractivity contribution >= 4 is 22.7 Å². The lowest BCUT2D eigenvalue weighted by molar-refractivity contribution is -0.384. The quantitative estimate of drug-likeness (QED) is 0.401. The maximum Gasteiger partial charge on any atom is 0.419 e. The van der Waals surface area contributed by atoms with Gasteiger partial charge >= 0.3 is 5.76 Å². The number of aromatic nitrogens is 1. The van der Waals surface area contributed by atoms with Crippen LogP contribution in [0.25, 0.3) is 11.1 Å². The fraction of sp³-hybridized carbons (Fsp3) is 0.619. The van der Waals surface area contributed by atoms with E-state index in [2.05, 4.69) is 24.3 Å². The van der Waals surface area contributed by atoms with E-state index in [9.17, 15) is 19.7 Å². The number of aryl methyl sites for hydroxylation is 1. The summed E-state index contributed by atoms with van der Waals surface area (Å²) in [5, 5.41) is 14.0. The molecule has 1 fully saturated rings. The predicted molar refractivity (Wildman–Crippen MR) is 113 cm³/mol. The highest BCUT2D eigenvalue weighted by atomic mass is 16.6. The van der Waals surface area contributed by atoms with Gasteiger partial charge in [0.25, 0.3) is 5.69 Å². The van der Waals surface area contributed by atoms with Crippen molar-refractivity contribution in [3.63, 3.8) is 0 Å². The molecule has 2 aromatic rings. The van der Waals surface area contributed by atoms with Crippen molar-refractivity contribution in [2.24, 2.45) is 0 Å². The van der Waals surface area contributed by atoms with Gasteiger partial charge in [0.2, 0.25) is 5.91 Å². The summed E-state index contributed by atoms with van der Waals surface area (Å²) in [5.74, 6) is -0.604. The first-order valence-electron chi connectivity index (χ1n) is 10.5. The zero-order valence-corrected chi connectivity index (χ0v) is 17.7. The molecule has 0 aliphatic heterocycles. The van der Waals surface area contributed by atoms with E-state index in [0.717, 1.165) is 12.8 Å². The topological polar surface area (TPSA) is 111 Å². The van der Waals surface area contributed by atoms with Crippen molar-refractivity contribution in [2.45, 2.75) is 63.5 Å². The summed E-state index contributed by atoms with van der Waals surface area (Å²) in [6.07, 6.45) is 7.82. The second-order valence-corrected chi connectivity index (χ2v) is 8.34. The van der Waals surface area contributed by atoms with Crippen molar-refractivity contribution in [3.8, 4) is 0 Å². The van der Waals surface area contributed by atoms with Gasteiger partial charge in [-0.15, -0.1) is 0 Å². The second kappa shape index (κ2) is 9.42. The lowest BCUT2D eigenvalue weighted by atomic mass is 9.88. The average molecular weight is 418 g/mol. The summed E-state index contributed by atoms with van der Waals surface area (Å²) in [4.78, 5) is 37.1. The molecule has 1 saturated carbocycles. The molecule has 9 nitrogen and oxygen atoms in total. The van der Waals surface area contributed by atoms with Crippen molar-refractivity contribution in [2.75, 3.05) is 20.6 Å². The summed E-state index contributed by atoms with van der Waals surface area (Å²) in [5.41, 5.74) is 0.561. The molecule has 0 unspecified atom stereocenters. The van der Waals surface area contributed by atoms with Crippen molar-refractivity contribution in [1.29, 1.82) is 0 Å². The number of nitrogens with one attached hydrogen (secondary N) is 1. The van der Waals surface area contributed by atoms with Crippen LogP contribution >= 0.6 is 0 Å². The second-order valence-electron chi connectivity index (χ2n) is 8.34. The number of fused-ring (bicyclic) bond motifs is 1. The summed E-state index contributed by atoms with van der Waals surface area (Å²) in [6, 6.07) is 4.09. The fourth-order valence-corrected chi connectivity index (χ4v) is 4.30. The Morgan fingerprint density at radius 3 is 2.60 bits per heavy atom. The number of nitro groups is 1. The molecule has 1 aromatic carbocycles. The maximum absolute atomic E-state index is 12.4. The Hall–Kier alpha value is -2.68. The molecule has 9 heteroatoms. The number of hydrogen-bond donors (Lipinski definition) is 1. The number of likely N-dealkylation sites (N-methyl/N-ethyl adjacent to an activating group) is 1. The smallest absolute Gasteiger partial charge is 0.407 e. The number of benzene rings is 1. The van der Waals surface area contributed by atoms with Crippen LogP contribution in [-0.4, -0.2) is 46.5 Å². The van der Waals surface area contributed by atoms with Crippen LogP contribution in [-0.2, 0) is 11.3 Å². The molecule has 0 spiro atoms.